The van der Waals surface area contributed by atoms with E-state index in [2.05, 4.69) is 10.00 Å². The average molecular weight is 223 g/mol. The highest BCUT2D eigenvalue weighted by molar-refractivity contribution is 5.86. The van der Waals surface area contributed by atoms with E-state index >= 15 is 0 Å². The smallest absolute Gasteiger partial charge is 0.358 e. The number of nitrogens with zero attached hydrogens (tertiary/aromatic N) is 3. The van der Waals surface area contributed by atoms with Gasteiger partial charge in [0.05, 0.1) is 13.2 Å². The van der Waals surface area contributed by atoms with Crippen LogP contribution in [0.4, 0.5) is 0 Å². The highest BCUT2D eigenvalue weighted by Gasteiger charge is 2.14. The van der Waals surface area contributed by atoms with Crippen LogP contribution in [0.2, 0.25) is 0 Å². The number of likely N-dealkylation sites (tertiary alicyclic amines) is 1. The molecule has 0 atom stereocenters. The Hall–Kier alpha value is -1.36. The van der Waals surface area contributed by atoms with Crippen molar-refractivity contribution < 1.29 is 9.53 Å². The van der Waals surface area contributed by atoms with Crippen LogP contribution in [0, 0.1) is 0 Å². The molecule has 0 amide bonds. The SMILES string of the molecule is CCOC(=O)c1ccn(CCN2CCC2)n1. The Kier molecular flexibility index (Phi) is 3.56. The number of esters is 1. The van der Waals surface area contributed by atoms with Crippen LogP contribution in [-0.4, -0.2) is 46.9 Å². The molecule has 0 spiro atoms. The average Bonchev–Trinajstić information content (AvgIpc) is 2.64. The van der Waals surface area contributed by atoms with E-state index in [0.29, 0.717) is 12.3 Å². The van der Waals surface area contributed by atoms with Crippen molar-refractivity contribution >= 4 is 5.97 Å². The zero-order valence-corrected chi connectivity index (χ0v) is 9.56. The maximum Gasteiger partial charge on any atom is 0.358 e. The number of ether oxygens (including phenoxy) is 1. The van der Waals surface area contributed by atoms with Crippen molar-refractivity contribution in [3.63, 3.8) is 0 Å². The molecular weight excluding hydrogens is 206 g/mol. The van der Waals surface area contributed by atoms with Gasteiger partial charge in [-0.25, -0.2) is 4.79 Å². The molecule has 1 aromatic rings. The normalized spacial score (nSPS) is 15.8. The summed E-state index contributed by atoms with van der Waals surface area (Å²) < 4.78 is 6.67. The molecule has 5 heteroatoms. The number of carbonyl (C=O) groups excluding carboxylic acids is 1. The predicted octanol–water partition coefficient (Wildman–Crippen LogP) is 0.766. The maximum absolute atomic E-state index is 11.4. The minimum atomic E-state index is -0.342. The number of rotatable bonds is 5. The van der Waals surface area contributed by atoms with Crippen molar-refractivity contribution in [3.8, 4) is 0 Å². The monoisotopic (exact) mass is 223 g/mol. The van der Waals surface area contributed by atoms with Gasteiger partial charge in [-0.15, -0.1) is 0 Å². The number of hydrogen-bond acceptors (Lipinski definition) is 4. The molecule has 0 N–H and O–H groups in total. The summed E-state index contributed by atoms with van der Waals surface area (Å²) in [6.07, 6.45) is 3.12. The van der Waals surface area contributed by atoms with Gasteiger partial charge < -0.3 is 9.64 Å². The number of carbonyl (C=O) groups is 1. The summed E-state index contributed by atoms with van der Waals surface area (Å²) in [5, 5.41) is 4.17. The molecule has 5 nitrogen and oxygen atoms in total. The minimum Gasteiger partial charge on any atom is -0.461 e. The summed E-state index contributed by atoms with van der Waals surface area (Å²) in [6, 6.07) is 1.70. The van der Waals surface area contributed by atoms with E-state index in [0.717, 1.165) is 13.1 Å². The zero-order chi connectivity index (χ0) is 11.4. The first-order valence-electron chi connectivity index (χ1n) is 5.72. The quantitative estimate of drug-likeness (QED) is 0.692. The third-order valence-corrected chi connectivity index (χ3v) is 2.72. The van der Waals surface area contributed by atoms with Gasteiger partial charge in [0, 0.05) is 12.7 Å². The van der Waals surface area contributed by atoms with E-state index in [9.17, 15) is 4.79 Å². The highest BCUT2D eigenvalue weighted by Crippen LogP contribution is 2.05. The molecule has 0 radical (unpaired) electrons. The van der Waals surface area contributed by atoms with E-state index < -0.39 is 0 Å². The molecule has 1 aliphatic rings. The summed E-state index contributed by atoms with van der Waals surface area (Å²) in [5.74, 6) is -0.342. The molecular formula is C11H17N3O2. The number of hydrogen-bond donors (Lipinski definition) is 0. The van der Waals surface area contributed by atoms with Crippen LogP contribution in [0.1, 0.15) is 23.8 Å². The van der Waals surface area contributed by atoms with E-state index in [1.807, 2.05) is 6.20 Å². The summed E-state index contributed by atoms with van der Waals surface area (Å²) >= 11 is 0. The van der Waals surface area contributed by atoms with Crippen molar-refractivity contribution in [1.82, 2.24) is 14.7 Å². The van der Waals surface area contributed by atoms with Crippen LogP contribution in [0.3, 0.4) is 0 Å². The van der Waals surface area contributed by atoms with Crippen molar-refractivity contribution in [2.45, 2.75) is 19.9 Å². The predicted molar refractivity (Wildman–Crippen MR) is 59.2 cm³/mol. The molecule has 1 aromatic heterocycles. The molecule has 1 aliphatic heterocycles. The Bertz CT molecular complexity index is 358. The minimum absolute atomic E-state index is 0.342. The van der Waals surface area contributed by atoms with Crippen LogP contribution in [0.5, 0.6) is 0 Å². The molecule has 0 aliphatic carbocycles. The lowest BCUT2D eigenvalue weighted by molar-refractivity contribution is 0.0518. The summed E-state index contributed by atoms with van der Waals surface area (Å²) in [7, 11) is 0. The van der Waals surface area contributed by atoms with Gasteiger partial charge in [0.1, 0.15) is 0 Å². The molecule has 88 valence electrons. The van der Waals surface area contributed by atoms with Crippen molar-refractivity contribution in [1.29, 1.82) is 0 Å². The molecule has 2 heterocycles. The molecule has 0 aromatic carbocycles. The zero-order valence-electron chi connectivity index (χ0n) is 9.56. The van der Waals surface area contributed by atoms with E-state index in [4.69, 9.17) is 4.74 Å². The van der Waals surface area contributed by atoms with Crippen LogP contribution < -0.4 is 0 Å². The topological polar surface area (TPSA) is 47.4 Å². The van der Waals surface area contributed by atoms with Crippen molar-refractivity contribution in [2.24, 2.45) is 0 Å². The first-order chi connectivity index (χ1) is 7.79. The fourth-order valence-electron chi connectivity index (χ4n) is 1.65. The van der Waals surface area contributed by atoms with Crippen molar-refractivity contribution in [3.05, 3.63) is 18.0 Å². The van der Waals surface area contributed by atoms with Gasteiger partial charge in [0.25, 0.3) is 0 Å². The first-order valence-corrected chi connectivity index (χ1v) is 5.72. The van der Waals surface area contributed by atoms with E-state index in [1.54, 1.807) is 17.7 Å². The lowest BCUT2D eigenvalue weighted by atomic mass is 10.2. The lowest BCUT2D eigenvalue weighted by Gasteiger charge is -2.30. The van der Waals surface area contributed by atoms with Gasteiger partial charge in [-0.1, -0.05) is 0 Å². The summed E-state index contributed by atoms with van der Waals surface area (Å²) in [4.78, 5) is 13.7. The maximum atomic E-state index is 11.4. The molecule has 2 rings (SSSR count). The standard InChI is InChI=1S/C11H17N3O2/c1-2-16-11(15)10-4-7-14(12-10)9-8-13-5-3-6-13/h4,7H,2-3,5-6,8-9H2,1H3. The Morgan fingerprint density at radius 3 is 2.94 bits per heavy atom. The van der Waals surface area contributed by atoms with Crippen LogP contribution in [0.15, 0.2) is 12.3 Å². The van der Waals surface area contributed by atoms with Crippen molar-refractivity contribution in [2.75, 3.05) is 26.2 Å². The van der Waals surface area contributed by atoms with Gasteiger partial charge in [-0.2, -0.15) is 5.10 Å². The second-order valence-corrected chi connectivity index (χ2v) is 3.88. The second kappa shape index (κ2) is 5.12. The van der Waals surface area contributed by atoms with Crippen LogP contribution in [0.25, 0.3) is 0 Å². The van der Waals surface area contributed by atoms with Gasteiger partial charge >= 0.3 is 5.97 Å². The van der Waals surface area contributed by atoms with E-state index in [-0.39, 0.29) is 5.97 Å². The largest absolute Gasteiger partial charge is 0.461 e. The van der Waals surface area contributed by atoms with Gasteiger partial charge in [0.15, 0.2) is 5.69 Å². The molecule has 1 saturated heterocycles. The molecule has 16 heavy (non-hydrogen) atoms. The Morgan fingerprint density at radius 2 is 2.31 bits per heavy atom. The number of aromatic nitrogens is 2. The van der Waals surface area contributed by atoms with Gasteiger partial charge in [-0.05, 0) is 32.5 Å². The summed E-state index contributed by atoms with van der Waals surface area (Å²) in [6.45, 7) is 6.39. The van der Waals surface area contributed by atoms with Crippen LogP contribution >= 0.6 is 0 Å². The molecule has 0 bridgehead atoms. The molecule has 0 saturated carbocycles. The second-order valence-electron chi connectivity index (χ2n) is 3.88. The van der Waals surface area contributed by atoms with E-state index in [1.165, 1.54) is 19.5 Å². The Labute approximate surface area is 95.0 Å². The fraction of sp³-hybridized carbons (Fsp3) is 0.636. The molecule has 1 fully saturated rings. The fourth-order valence-corrected chi connectivity index (χ4v) is 1.65. The lowest BCUT2D eigenvalue weighted by Crippen LogP contribution is -2.39. The first kappa shape index (κ1) is 11.1. The highest BCUT2D eigenvalue weighted by atomic mass is 16.5. The van der Waals surface area contributed by atoms with Gasteiger partial charge in [0.2, 0.25) is 0 Å². The molecule has 0 unspecified atom stereocenters. The third kappa shape index (κ3) is 2.61. The summed E-state index contributed by atoms with van der Waals surface area (Å²) in [5.41, 5.74) is 0.394. The van der Waals surface area contributed by atoms with Crippen LogP contribution in [-0.2, 0) is 11.3 Å². The third-order valence-electron chi connectivity index (χ3n) is 2.72. The van der Waals surface area contributed by atoms with Gasteiger partial charge in [-0.3, -0.25) is 4.68 Å². The Balaban J connectivity index is 1.83. The Morgan fingerprint density at radius 1 is 1.50 bits per heavy atom.